The molecule has 0 saturated carbocycles. The highest BCUT2D eigenvalue weighted by molar-refractivity contribution is 9.10. The fraction of sp³-hybridized carbons (Fsp3) is 0.133. The molecule has 10 heteroatoms. The molecular weight excluding hydrogens is 422 g/mol. The summed E-state index contributed by atoms with van der Waals surface area (Å²) in [5, 5.41) is 2.49. The number of carbonyl (C=O) groups is 1. The smallest absolute Gasteiger partial charge is 0.266 e. The van der Waals surface area contributed by atoms with Crippen molar-refractivity contribution < 1.29 is 26.7 Å². The van der Waals surface area contributed by atoms with E-state index >= 15 is 0 Å². The highest BCUT2D eigenvalue weighted by Gasteiger charge is 2.25. The molecule has 0 heterocycles. The van der Waals surface area contributed by atoms with E-state index in [1.165, 1.54) is 32.2 Å². The topological polar surface area (TPSA) is 84.5 Å². The van der Waals surface area contributed by atoms with Crippen molar-refractivity contribution in [2.24, 2.45) is 0 Å². The Kier molecular flexibility index (Phi) is 5.63. The minimum absolute atomic E-state index is 0.0237. The number of rotatable bonds is 5. The zero-order valence-corrected chi connectivity index (χ0v) is 15.5. The normalized spacial score (nSPS) is 11.1. The molecule has 0 aliphatic rings. The van der Waals surface area contributed by atoms with Crippen molar-refractivity contribution in [1.82, 2.24) is 0 Å². The average molecular weight is 435 g/mol. The number of hydrogen-bond donors (Lipinski definition) is 2. The van der Waals surface area contributed by atoms with Crippen LogP contribution in [0.3, 0.4) is 0 Å². The molecule has 0 fully saturated rings. The van der Waals surface area contributed by atoms with E-state index < -0.39 is 26.6 Å². The predicted octanol–water partition coefficient (Wildman–Crippen LogP) is 3.50. The van der Waals surface area contributed by atoms with Gasteiger partial charge >= 0.3 is 0 Å². The summed E-state index contributed by atoms with van der Waals surface area (Å²) >= 11 is 2.84. The Hall–Kier alpha value is -2.20. The monoisotopic (exact) mass is 434 g/mol. The Labute approximate surface area is 151 Å². The molecule has 2 aromatic rings. The maximum Gasteiger partial charge on any atom is 0.266 e. The first-order chi connectivity index (χ1) is 11.6. The minimum atomic E-state index is -4.40. The van der Waals surface area contributed by atoms with Gasteiger partial charge in [0.1, 0.15) is 22.3 Å². The second-order valence-corrected chi connectivity index (χ2v) is 7.37. The summed E-state index contributed by atoms with van der Waals surface area (Å²) in [7, 11) is -3.08. The minimum Gasteiger partial charge on any atom is -0.495 e. The van der Waals surface area contributed by atoms with Gasteiger partial charge in [-0.3, -0.25) is 9.52 Å². The third kappa shape index (κ3) is 4.45. The van der Waals surface area contributed by atoms with Gasteiger partial charge in [-0.1, -0.05) is 0 Å². The van der Waals surface area contributed by atoms with Crippen molar-refractivity contribution in [3.8, 4) is 5.75 Å². The van der Waals surface area contributed by atoms with Gasteiger partial charge in [0.15, 0.2) is 0 Å². The van der Waals surface area contributed by atoms with Crippen LogP contribution in [0.5, 0.6) is 5.75 Å². The molecule has 0 aromatic heterocycles. The summed E-state index contributed by atoms with van der Waals surface area (Å²) in [6, 6.07) is 5.55. The van der Waals surface area contributed by atoms with Crippen molar-refractivity contribution in [3.63, 3.8) is 0 Å². The molecule has 1 amide bonds. The first-order valence-corrected chi connectivity index (χ1v) is 9.04. The summed E-state index contributed by atoms with van der Waals surface area (Å²) < 4.78 is 59.1. The first kappa shape index (κ1) is 19.1. The summed E-state index contributed by atoms with van der Waals surface area (Å²) in [5.41, 5.74) is 0.286. The molecular formula is C15H13BrF2N2O4S. The van der Waals surface area contributed by atoms with Gasteiger partial charge in [-0.05, 0) is 40.2 Å². The Bertz CT molecular complexity index is 912. The highest BCUT2D eigenvalue weighted by Crippen LogP contribution is 2.33. The molecule has 2 rings (SSSR count). The van der Waals surface area contributed by atoms with E-state index in [9.17, 15) is 22.0 Å². The largest absolute Gasteiger partial charge is 0.495 e. The van der Waals surface area contributed by atoms with Crippen LogP contribution in [-0.4, -0.2) is 21.4 Å². The maximum absolute atomic E-state index is 14.0. The summed E-state index contributed by atoms with van der Waals surface area (Å²) in [5.74, 6) is -2.38. The SMILES string of the molecule is COc1ccc(NC(C)=O)cc1NS(=O)(=O)c1c(F)cc(F)cc1Br. The van der Waals surface area contributed by atoms with Crippen molar-refractivity contribution in [2.75, 3.05) is 17.1 Å². The molecule has 2 aromatic carbocycles. The predicted molar refractivity (Wildman–Crippen MR) is 92.2 cm³/mol. The Morgan fingerprint density at radius 2 is 1.88 bits per heavy atom. The summed E-state index contributed by atoms with van der Waals surface area (Å²) in [6.07, 6.45) is 0. The molecule has 0 atom stereocenters. The van der Waals surface area contributed by atoms with E-state index in [2.05, 4.69) is 26.0 Å². The molecule has 0 aliphatic heterocycles. The van der Waals surface area contributed by atoms with Crippen molar-refractivity contribution in [2.45, 2.75) is 11.8 Å². The van der Waals surface area contributed by atoms with E-state index in [-0.39, 0.29) is 21.8 Å². The molecule has 25 heavy (non-hydrogen) atoms. The van der Waals surface area contributed by atoms with Crippen LogP contribution < -0.4 is 14.8 Å². The molecule has 0 radical (unpaired) electrons. The lowest BCUT2D eigenvalue weighted by atomic mass is 10.2. The highest BCUT2D eigenvalue weighted by atomic mass is 79.9. The van der Waals surface area contributed by atoms with Crippen molar-refractivity contribution in [1.29, 1.82) is 0 Å². The Morgan fingerprint density at radius 3 is 2.44 bits per heavy atom. The van der Waals surface area contributed by atoms with Crippen LogP contribution in [0, 0.1) is 11.6 Å². The van der Waals surface area contributed by atoms with Gasteiger partial charge in [0, 0.05) is 23.2 Å². The standard InChI is InChI=1S/C15H13BrF2N2O4S/c1-8(21)19-10-3-4-14(24-2)13(7-10)20-25(22,23)15-11(16)5-9(17)6-12(15)18/h3-7,20H,1-2H3,(H,19,21). The number of anilines is 2. The number of halogens is 3. The third-order valence-electron chi connectivity index (χ3n) is 3.00. The zero-order valence-electron chi connectivity index (χ0n) is 13.1. The summed E-state index contributed by atoms with van der Waals surface area (Å²) in [4.78, 5) is 10.4. The van der Waals surface area contributed by atoms with Gasteiger partial charge in [0.2, 0.25) is 5.91 Å². The van der Waals surface area contributed by atoms with Crippen LogP contribution in [0.2, 0.25) is 0 Å². The number of amides is 1. The third-order valence-corrected chi connectivity index (χ3v) is 5.32. The van der Waals surface area contributed by atoms with Crippen LogP contribution in [0.15, 0.2) is 39.7 Å². The first-order valence-electron chi connectivity index (χ1n) is 6.77. The van der Waals surface area contributed by atoms with E-state index in [0.29, 0.717) is 11.8 Å². The molecule has 0 spiro atoms. The molecule has 134 valence electrons. The van der Waals surface area contributed by atoms with Gasteiger partial charge in [0.05, 0.1) is 12.8 Å². The fourth-order valence-corrected chi connectivity index (χ4v) is 4.28. The van der Waals surface area contributed by atoms with E-state index in [1.807, 2.05) is 0 Å². The van der Waals surface area contributed by atoms with Crippen molar-refractivity contribution >= 4 is 43.2 Å². The number of sulfonamides is 1. The molecule has 0 unspecified atom stereocenters. The lowest BCUT2D eigenvalue weighted by Gasteiger charge is -2.15. The van der Waals surface area contributed by atoms with Gasteiger partial charge in [-0.25, -0.2) is 17.2 Å². The van der Waals surface area contributed by atoms with Crippen LogP contribution in [0.1, 0.15) is 6.92 Å². The maximum atomic E-state index is 14.0. The fourth-order valence-electron chi connectivity index (χ4n) is 2.05. The Morgan fingerprint density at radius 1 is 1.20 bits per heavy atom. The second-order valence-electron chi connectivity index (χ2n) is 4.90. The molecule has 0 aliphatic carbocycles. The lowest BCUT2D eigenvalue weighted by molar-refractivity contribution is -0.114. The van der Waals surface area contributed by atoms with E-state index in [1.54, 1.807) is 0 Å². The number of methoxy groups -OCH3 is 1. The van der Waals surface area contributed by atoms with Gasteiger partial charge < -0.3 is 10.1 Å². The zero-order chi connectivity index (χ0) is 18.8. The van der Waals surface area contributed by atoms with Crippen LogP contribution in [-0.2, 0) is 14.8 Å². The number of ether oxygens (including phenoxy) is 1. The lowest BCUT2D eigenvalue weighted by Crippen LogP contribution is -2.16. The quantitative estimate of drug-likeness (QED) is 0.753. The second kappa shape index (κ2) is 7.36. The van der Waals surface area contributed by atoms with Crippen LogP contribution >= 0.6 is 15.9 Å². The molecule has 2 N–H and O–H groups in total. The molecule has 0 saturated heterocycles. The number of carbonyl (C=O) groups excluding carboxylic acids is 1. The van der Waals surface area contributed by atoms with E-state index in [4.69, 9.17) is 4.74 Å². The summed E-state index contributed by atoms with van der Waals surface area (Å²) in [6.45, 7) is 1.29. The van der Waals surface area contributed by atoms with Gasteiger partial charge in [0.25, 0.3) is 10.0 Å². The van der Waals surface area contributed by atoms with Crippen molar-refractivity contribution in [3.05, 3.63) is 46.4 Å². The van der Waals surface area contributed by atoms with Crippen LogP contribution in [0.4, 0.5) is 20.2 Å². The molecule has 0 bridgehead atoms. The number of hydrogen-bond acceptors (Lipinski definition) is 4. The van der Waals surface area contributed by atoms with Crippen LogP contribution in [0.25, 0.3) is 0 Å². The average Bonchev–Trinajstić information content (AvgIpc) is 2.44. The number of nitrogens with one attached hydrogen (secondary N) is 2. The van der Waals surface area contributed by atoms with E-state index in [0.717, 1.165) is 6.07 Å². The Balaban J connectivity index is 2.49. The number of benzene rings is 2. The molecule has 6 nitrogen and oxygen atoms in total. The van der Waals surface area contributed by atoms with Gasteiger partial charge in [-0.2, -0.15) is 0 Å². The van der Waals surface area contributed by atoms with Gasteiger partial charge in [-0.15, -0.1) is 0 Å².